The standard InChI is InChI=1S/C15H24O2/c1-11(2)10-12(3)15(17-4)14(16)13-8-6-5-7-9-13/h8,11H,5-7,9-10H2,1-4H3/b15-12+. The molecule has 0 aromatic rings. The highest BCUT2D eigenvalue weighted by molar-refractivity contribution is 6.07. The Morgan fingerprint density at radius 1 is 1.41 bits per heavy atom. The van der Waals surface area contributed by atoms with E-state index >= 15 is 0 Å². The van der Waals surface area contributed by atoms with Crippen molar-refractivity contribution in [3.63, 3.8) is 0 Å². The Kier molecular flexibility index (Phi) is 5.46. The Bertz CT molecular complexity index is 335. The predicted octanol–water partition coefficient (Wildman–Crippen LogP) is 4.02. The van der Waals surface area contributed by atoms with Gasteiger partial charge in [0.25, 0.3) is 0 Å². The van der Waals surface area contributed by atoms with Gasteiger partial charge < -0.3 is 4.74 Å². The Labute approximate surface area is 105 Å². The highest BCUT2D eigenvalue weighted by Gasteiger charge is 2.19. The molecule has 0 aromatic carbocycles. The Morgan fingerprint density at radius 2 is 2.12 bits per heavy atom. The highest BCUT2D eigenvalue weighted by atomic mass is 16.5. The van der Waals surface area contributed by atoms with Crippen molar-refractivity contribution in [2.24, 2.45) is 5.92 Å². The first-order valence-electron chi connectivity index (χ1n) is 6.53. The van der Waals surface area contributed by atoms with Crippen LogP contribution in [0.15, 0.2) is 23.0 Å². The van der Waals surface area contributed by atoms with Crippen molar-refractivity contribution in [1.82, 2.24) is 0 Å². The first-order chi connectivity index (χ1) is 8.06. The Balaban J connectivity index is 2.86. The average Bonchev–Trinajstić information content (AvgIpc) is 2.30. The maximum Gasteiger partial charge on any atom is 0.223 e. The molecule has 0 aromatic heterocycles. The normalized spacial score (nSPS) is 17.6. The summed E-state index contributed by atoms with van der Waals surface area (Å²) in [5, 5.41) is 0. The molecular formula is C15H24O2. The number of ketones is 1. The van der Waals surface area contributed by atoms with Gasteiger partial charge in [0, 0.05) is 0 Å². The van der Waals surface area contributed by atoms with Crippen LogP contribution >= 0.6 is 0 Å². The molecule has 0 unspecified atom stereocenters. The van der Waals surface area contributed by atoms with E-state index in [4.69, 9.17) is 4.74 Å². The lowest BCUT2D eigenvalue weighted by molar-refractivity contribution is -0.115. The number of hydrogen-bond acceptors (Lipinski definition) is 2. The molecule has 1 aliphatic rings. The first-order valence-corrected chi connectivity index (χ1v) is 6.53. The molecule has 0 heterocycles. The van der Waals surface area contributed by atoms with Gasteiger partial charge in [-0.1, -0.05) is 19.9 Å². The molecule has 17 heavy (non-hydrogen) atoms. The van der Waals surface area contributed by atoms with Gasteiger partial charge in [0.15, 0.2) is 5.76 Å². The van der Waals surface area contributed by atoms with E-state index in [9.17, 15) is 4.79 Å². The average molecular weight is 236 g/mol. The van der Waals surface area contributed by atoms with Gasteiger partial charge in [-0.2, -0.15) is 0 Å². The summed E-state index contributed by atoms with van der Waals surface area (Å²) in [5.74, 6) is 1.21. The third kappa shape index (κ3) is 4.03. The van der Waals surface area contributed by atoms with Crippen LogP contribution in [0.2, 0.25) is 0 Å². The maximum absolute atomic E-state index is 12.3. The second kappa shape index (κ2) is 6.63. The van der Waals surface area contributed by atoms with Crippen LogP contribution in [0.3, 0.4) is 0 Å². The lowest BCUT2D eigenvalue weighted by atomic mass is 9.93. The number of methoxy groups -OCH3 is 1. The fourth-order valence-corrected chi connectivity index (χ4v) is 2.36. The number of carbonyl (C=O) groups excluding carboxylic acids is 1. The molecule has 1 aliphatic carbocycles. The molecule has 2 heteroatoms. The Morgan fingerprint density at radius 3 is 2.59 bits per heavy atom. The van der Waals surface area contributed by atoms with Crippen molar-refractivity contribution >= 4 is 5.78 Å². The van der Waals surface area contributed by atoms with Gasteiger partial charge in [-0.3, -0.25) is 4.79 Å². The van der Waals surface area contributed by atoms with Gasteiger partial charge >= 0.3 is 0 Å². The molecule has 0 saturated carbocycles. The molecule has 1 rings (SSSR count). The number of rotatable bonds is 5. The summed E-state index contributed by atoms with van der Waals surface area (Å²) in [6, 6.07) is 0. The van der Waals surface area contributed by atoms with Crippen LogP contribution in [0, 0.1) is 5.92 Å². The van der Waals surface area contributed by atoms with Gasteiger partial charge in [0.1, 0.15) is 0 Å². The molecule has 0 amide bonds. The van der Waals surface area contributed by atoms with Crippen molar-refractivity contribution in [3.05, 3.63) is 23.0 Å². The zero-order chi connectivity index (χ0) is 12.8. The second-order valence-electron chi connectivity index (χ2n) is 5.22. The third-order valence-corrected chi connectivity index (χ3v) is 3.10. The minimum Gasteiger partial charge on any atom is -0.493 e. The minimum atomic E-state index is 0.102. The van der Waals surface area contributed by atoms with E-state index < -0.39 is 0 Å². The van der Waals surface area contributed by atoms with Crippen molar-refractivity contribution in [1.29, 1.82) is 0 Å². The molecular weight excluding hydrogens is 212 g/mol. The van der Waals surface area contributed by atoms with Crippen LogP contribution in [0.25, 0.3) is 0 Å². The van der Waals surface area contributed by atoms with Gasteiger partial charge in [0.2, 0.25) is 5.78 Å². The molecule has 0 fully saturated rings. The monoisotopic (exact) mass is 236 g/mol. The molecule has 0 aliphatic heterocycles. The quantitative estimate of drug-likeness (QED) is 0.532. The van der Waals surface area contributed by atoms with E-state index in [1.54, 1.807) is 7.11 Å². The molecule has 0 spiro atoms. The smallest absolute Gasteiger partial charge is 0.223 e. The van der Waals surface area contributed by atoms with Crippen LogP contribution in [0.1, 0.15) is 52.9 Å². The summed E-state index contributed by atoms with van der Waals surface area (Å²) >= 11 is 0. The van der Waals surface area contributed by atoms with E-state index in [0.717, 1.165) is 36.8 Å². The number of hydrogen-bond donors (Lipinski definition) is 0. The first kappa shape index (κ1) is 14.0. The lowest BCUT2D eigenvalue weighted by Crippen LogP contribution is -2.12. The number of Topliss-reactive ketones (excluding diaryl/α,β-unsaturated/α-hetero) is 1. The van der Waals surface area contributed by atoms with Gasteiger partial charge in [-0.05, 0) is 56.1 Å². The summed E-state index contributed by atoms with van der Waals surface area (Å²) in [6.45, 7) is 6.31. The van der Waals surface area contributed by atoms with Crippen LogP contribution in [0.4, 0.5) is 0 Å². The van der Waals surface area contributed by atoms with E-state index in [2.05, 4.69) is 19.9 Å². The molecule has 2 nitrogen and oxygen atoms in total. The van der Waals surface area contributed by atoms with E-state index in [0.29, 0.717) is 11.7 Å². The molecule has 0 saturated heterocycles. The largest absolute Gasteiger partial charge is 0.493 e. The molecule has 0 radical (unpaired) electrons. The van der Waals surface area contributed by atoms with Crippen molar-refractivity contribution in [2.45, 2.75) is 52.9 Å². The van der Waals surface area contributed by atoms with Crippen molar-refractivity contribution < 1.29 is 9.53 Å². The van der Waals surface area contributed by atoms with Crippen LogP contribution in [0.5, 0.6) is 0 Å². The van der Waals surface area contributed by atoms with Crippen LogP contribution < -0.4 is 0 Å². The van der Waals surface area contributed by atoms with E-state index in [-0.39, 0.29) is 5.78 Å². The summed E-state index contributed by atoms with van der Waals surface area (Å²) < 4.78 is 5.32. The molecule has 96 valence electrons. The van der Waals surface area contributed by atoms with Gasteiger partial charge in [0.05, 0.1) is 7.11 Å². The zero-order valence-corrected chi connectivity index (χ0v) is 11.5. The number of allylic oxidation sites excluding steroid dienone is 3. The Hall–Kier alpha value is -1.05. The SMILES string of the molecule is CO/C(C(=O)C1=CCCCC1)=C(\C)CC(C)C. The maximum atomic E-state index is 12.3. The summed E-state index contributed by atoms with van der Waals surface area (Å²) in [5.41, 5.74) is 2.01. The third-order valence-electron chi connectivity index (χ3n) is 3.10. The fraction of sp³-hybridized carbons (Fsp3) is 0.667. The summed E-state index contributed by atoms with van der Waals surface area (Å²) in [4.78, 5) is 12.3. The van der Waals surface area contributed by atoms with E-state index in [1.807, 2.05) is 6.92 Å². The van der Waals surface area contributed by atoms with Gasteiger partial charge in [-0.25, -0.2) is 0 Å². The van der Waals surface area contributed by atoms with Gasteiger partial charge in [-0.15, -0.1) is 0 Å². The van der Waals surface area contributed by atoms with E-state index in [1.165, 1.54) is 6.42 Å². The van der Waals surface area contributed by atoms with Crippen LogP contribution in [-0.4, -0.2) is 12.9 Å². The highest BCUT2D eigenvalue weighted by Crippen LogP contribution is 2.24. The molecule has 0 N–H and O–H groups in total. The zero-order valence-electron chi connectivity index (χ0n) is 11.5. The number of carbonyl (C=O) groups is 1. The summed E-state index contributed by atoms with van der Waals surface area (Å²) in [6.07, 6.45) is 7.25. The summed E-state index contributed by atoms with van der Waals surface area (Å²) in [7, 11) is 1.60. The predicted molar refractivity (Wildman–Crippen MR) is 70.7 cm³/mol. The lowest BCUT2D eigenvalue weighted by Gasteiger charge is -2.16. The topological polar surface area (TPSA) is 26.3 Å². The van der Waals surface area contributed by atoms with Crippen molar-refractivity contribution in [2.75, 3.05) is 7.11 Å². The minimum absolute atomic E-state index is 0.102. The molecule has 0 bridgehead atoms. The van der Waals surface area contributed by atoms with Crippen molar-refractivity contribution in [3.8, 4) is 0 Å². The van der Waals surface area contributed by atoms with Crippen LogP contribution in [-0.2, 0) is 9.53 Å². The molecule has 0 atom stereocenters. The second-order valence-corrected chi connectivity index (χ2v) is 5.22. The fourth-order valence-electron chi connectivity index (χ4n) is 2.36. The number of ether oxygens (including phenoxy) is 1.